The van der Waals surface area contributed by atoms with Crippen LogP contribution in [0.25, 0.3) is 0 Å². The van der Waals surface area contributed by atoms with Crippen molar-refractivity contribution in [2.24, 2.45) is 0 Å². The Kier molecular flexibility index (Phi) is 4.42. The topological polar surface area (TPSA) is 44.8 Å². The minimum atomic E-state index is -0.580. The lowest BCUT2D eigenvalue weighted by Crippen LogP contribution is -2.41. The summed E-state index contributed by atoms with van der Waals surface area (Å²) in [4.78, 5) is 12.6. The van der Waals surface area contributed by atoms with Gasteiger partial charge in [-0.1, -0.05) is 17.7 Å². The first-order chi connectivity index (χ1) is 10.3. The van der Waals surface area contributed by atoms with Crippen molar-refractivity contribution in [3.63, 3.8) is 0 Å². The van der Waals surface area contributed by atoms with E-state index in [-0.39, 0.29) is 5.97 Å². The van der Waals surface area contributed by atoms with Crippen LogP contribution >= 0.6 is 0 Å². The van der Waals surface area contributed by atoms with E-state index in [9.17, 15) is 4.79 Å². The average Bonchev–Trinajstić information content (AvgIpc) is 2.55. The van der Waals surface area contributed by atoms with Gasteiger partial charge in [-0.05, 0) is 66.9 Å². The Morgan fingerprint density at radius 3 is 2.09 bits per heavy atom. The zero-order chi connectivity index (χ0) is 17.6. The minimum absolute atomic E-state index is 0.356. The first-order valence-corrected chi connectivity index (χ1v) is 8.02. The molecule has 5 heteroatoms. The molecule has 0 unspecified atom stereocenters. The zero-order valence-electron chi connectivity index (χ0n) is 15.4. The fourth-order valence-corrected chi connectivity index (χ4v) is 2.47. The predicted molar refractivity (Wildman–Crippen MR) is 92.1 cm³/mol. The molecule has 0 bridgehead atoms. The molecule has 23 heavy (non-hydrogen) atoms. The molecule has 1 aliphatic heterocycles. The number of hydrogen-bond donors (Lipinski definition) is 0. The van der Waals surface area contributed by atoms with Gasteiger partial charge in [-0.15, -0.1) is 0 Å². The van der Waals surface area contributed by atoms with Gasteiger partial charge in [0.25, 0.3) is 0 Å². The van der Waals surface area contributed by atoms with E-state index in [0.717, 1.165) is 11.0 Å². The third kappa shape index (κ3) is 3.61. The Bertz CT molecular complexity index is 598. The first-order valence-electron chi connectivity index (χ1n) is 8.02. The van der Waals surface area contributed by atoms with E-state index >= 15 is 0 Å². The highest BCUT2D eigenvalue weighted by molar-refractivity contribution is 6.64. The number of esters is 1. The number of carbonyl (C=O) groups is 1. The van der Waals surface area contributed by atoms with Gasteiger partial charge in [-0.3, -0.25) is 0 Å². The molecule has 1 aliphatic rings. The smallest absolute Gasteiger partial charge is 0.456 e. The maximum atomic E-state index is 12.6. The quantitative estimate of drug-likeness (QED) is 0.620. The molecule has 0 aliphatic carbocycles. The van der Waals surface area contributed by atoms with Crippen LogP contribution < -0.4 is 5.46 Å². The maximum absolute atomic E-state index is 12.6. The van der Waals surface area contributed by atoms with E-state index < -0.39 is 23.9 Å². The molecule has 0 spiro atoms. The molecular formula is C18H27BO4. The second-order valence-corrected chi connectivity index (χ2v) is 8.13. The second-order valence-electron chi connectivity index (χ2n) is 8.13. The molecule has 0 atom stereocenters. The predicted octanol–water partition coefficient (Wildman–Crippen LogP) is 3.25. The van der Waals surface area contributed by atoms with E-state index in [0.29, 0.717) is 5.56 Å². The van der Waals surface area contributed by atoms with E-state index in [1.54, 1.807) is 6.07 Å². The van der Waals surface area contributed by atoms with E-state index in [1.807, 2.05) is 67.5 Å². The Balaban J connectivity index is 2.42. The summed E-state index contributed by atoms with van der Waals surface area (Å²) in [6.45, 7) is 15.5. The Morgan fingerprint density at radius 1 is 1.09 bits per heavy atom. The van der Waals surface area contributed by atoms with Gasteiger partial charge in [0.15, 0.2) is 0 Å². The average molecular weight is 318 g/mol. The third-order valence-corrected chi connectivity index (χ3v) is 4.43. The summed E-state index contributed by atoms with van der Waals surface area (Å²) in [5.41, 5.74) is 0.746. The largest absolute Gasteiger partial charge is 0.495 e. The Labute approximate surface area is 139 Å². The van der Waals surface area contributed by atoms with Crippen LogP contribution in [0.3, 0.4) is 0 Å². The molecule has 1 fully saturated rings. The lowest BCUT2D eigenvalue weighted by atomic mass is 9.73. The molecular weight excluding hydrogens is 291 g/mol. The number of hydrogen-bond acceptors (Lipinski definition) is 4. The third-order valence-electron chi connectivity index (χ3n) is 4.43. The fraction of sp³-hybridized carbons (Fsp3) is 0.611. The summed E-state index contributed by atoms with van der Waals surface area (Å²) >= 11 is 0. The highest BCUT2D eigenvalue weighted by Crippen LogP contribution is 2.37. The van der Waals surface area contributed by atoms with Crippen molar-refractivity contribution in [2.45, 2.75) is 72.2 Å². The molecule has 1 heterocycles. The minimum Gasteiger partial charge on any atom is -0.456 e. The SMILES string of the molecule is Cc1cccc(C(=O)OC(C)(C)C)c1B1OC(C)(C)C(C)(C)O1. The van der Waals surface area contributed by atoms with Crippen molar-refractivity contribution in [1.29, 1.82) is 0 Å². The van der Waals surface area contributed by atoms with Gasteiger partial charge in [0.2, 0.25) is 0 Å². The van der Waals surface area contributed by atoms with Crippen LogP contribution in [0.2, 0.25) is 0 Å². The van der Waals surface area contributed by atoms with E-state index in [4.69, 9.17) is 14.0 Å². The van der Waals surface area contributed by atoms with Gasteiger partial charge >= 0.3 is 13.1 Å². The Morgan fingerprint density at radius 2 is 1.61 bits per heavy atom. The summed E-state index contributed by atoms with van der Waals surface area (Å²) in [7, 11) is -0.580. The zero-order valence-corrected chi connectivity index (χ0v) is 15.4. The van der Waals surface area contributed by atoms with Crippen molar-refractivity contribution >= 4 is 18.6 Å². The van der Waals surface area contributed by atoms with E-state index in [1.165, 1.54) is 0 Å². The lowest BCUT2D eigenvalue weighted by Gasteiger charge is -2.32. The van der Waals surface area contributed by atoms with Crippen LogP contribution in [0.15, 0.2) is 18.2 Å². The second kappa shape index (κ2) is 5.64. The summed E-state index contributed by atoms with van der Waals surface area (Å²) in [6.07, 6.45) is 0. The van der Waals surface area contributed by atoms with Crippen LogP contribution in [0.4, 0.5) is 0 Å². The van der Waals surface area contributed by atoms with Crippen molar-refractivity contribution in [1.82, 2.24) is 0 Å². The molecule has 0 radical (unpaired) electrons. The van der Waals surface area contributed by atoms with E-state index in [2.05, 4.69) is 0 Å². The van der Waals surface area contributed by atoms with Crippen LogP contribution in [0, 0.1) is 6.92 Å². The molecule has 0 N–H and O–H groups in total. The Hall–Kier alpha value is -1.33. The highest BCUT2D eigenvalue weighted by Gasteiger charge is 2.53. The maximum Gasteiger partial charge on any atom is 0.495 e. The fourth-order valence-electron chi connectivity index (χ4n) is 2.47. The van der Waals surface area contributed by atoms with Gasteiger partial charge < -0.3 is 14.0 Å². The van der Waals surface area contributed by atoms with Gasteiger partial charge in [-0.25, -0.2) is 4.79 Å². The number of carbonyl (C=O) groups excluding carboxylic acids is 1. The van der Waals surface area contributed by atoms with Gasteiger partial charge in [0.05, 0.1) is 16.8 Å². The molecule has 1 aromatic rings. The first kappa shape index (κ1) is 18.0. The molecule has 0 aromatic heterocycles. The van der Waals surface area contributed by atoms with Crippen molar-refractivity contribution in [3.8, 4) is 0 Å². The van der Waals surface area contributed by atoms with Crippen molar-refractivity contribution in [2.75, 3.05) is 0 Å². The molecule has 1 aromatic carbocycles. The summed E-state index contributed by atoms with van der Waals surface area (Å²) in [5, 5.41) is 0. The molecule has 0 amide bonds. The summed E-state index contributed by atoms with van der Waals surface area (Å²) < 4.78 is 17.8. The van der Waals surface area contributed by atoms with Crippen molar-refractivity contribution in [3.05, 3.63) is 29.3 Å². The van der Waals surface area contributed by atoms with Crippen LogP contribution in [-0.4, -0.2) is 29.9 Å². The summed E-state index contributed by atoms with van der Waals surface area (Å²) in [5.74, 6) is -0.356. The molecule has 126 valence electrons. The molecule has 4 nitrogen and oxygen atoms in total. The number of aryl methyl sites for hydroxylation is 1. The van der Waals surface area contributed by atoms with Crippen LogP contribution in [-0.2, 0) is 14.0 Å². The van der Waals surface area contributed by atoms with Gasteiger partial charge in [0.1, 0.15) is 5.60 Å². The number of benzene rings is 1. The standard InChI is InChI=1S/C18H27BO4/c1-12-10-9-11-13(15(20)21-16(2,3)4)14(12)19-22-17(5,6)18(7,8)23-19/h9-11H,1-8H3. The lowest BCUT2D eigenvalue weighted by molar-refractivity contribution is 0.00578. The molecule has 1 saturated heterocycles. The molecule has 0 saturated carbocycles. The number of rotatable bonds is 2. The normalized spacial score (nSPS) is 19.7. The van der Waals surface area contributed by atoms with Gasteiger partial charge in [0, 0.05) is 0 Å². The van der Waals surface area contributed by atoms with Crippen LogP contribution in [0.1, 0.15) is 64.4 Å². The van der Waals surface area contributed by atoms with Gasteiger partial charge in [-0.2, -0.15) is 0 Å². The van der Waals surface area contributed by atoms with Crippen molar-refractivity contribution < 1.29 is 18.8 Å². The highest BCUT2D eigenvalue weighted by atomic mass is 16.7. The van der Waals surface area contributed by atoms with Crippen LogP contribution in [0.5, 0.6) is 0 Å². The number of ether oxygens (including phenoxy) is 1. The molecule has 2 rings (SSSR count). The summed E-state index contributed by atoms with van der Waals surface area (Å²) in [6, 6.07) is 5.57. The monoisotopic (exact) mass is 318 g/mol.